The van der Waals surface area contributed by atoms with Crippen molar-refractivity contribution in [3.8, 4) is 5.75 Å². The number of fused-ring (bicyclic) bond motifs is 1. The molecule has 1 amide bonds. The maximum atomic E-state index is 12.1. The van der Waals surface area contributed by atoms with Gasteiger partial charge >= 0.3 is 0 Å². The summed E-state index contributed by atoms with van der Waals surface area (Å²) in [7, 11) is 1.24. The lowest BCUT2D eigenvalue weighted by Crippen LogP contribution is -2.39. The van der Waals surface area contributed by atoms with Gasteiger partial charge in [0, 0.05) is 19.3 Å². The minimum Gasteiger partial charge on any atom is -0.501 e. The zero-order valence-corrected chi connectivity index (χ0v) is 12.0. The van der Waals surface area contributed by atoms with Gasteiger partial charge in [0.05, 0.1) is 4.75 Å². The van der Waals surface area contributed by atoms with Crippen molar-refractivity contribution >= 4 is 22.3 Å². The van der Waals surface area contributed by atoms with E-state index in [1.807, 2.05) is 13.8 Å². The molecule has 0 spiro atoms. The van der Waals surface area contributed by atoms with Gasteiger partial charge in [-0.25, -0.2) is 4.98 Å². The van der Waals surface area contributed by atoms with Crippen molar-refractivity contribution in [2.75, 3.05) is 12.8 Å². The number of aromatic hydroxyl groups is 1. The second kappa shape index (κ2) is 4.48. The lowest BCUT2D eigenvalue weighted by molar-refractivity contribution is 0.0953. The van der Waals surface area contributed by atoms with E-state index in [2.05, 4.69) is 16.2 Å². The summed E-state index contributed by atoms with van der Waals surface area (Å²) in [6.07, 6.45) is 0. The molecule has 0 saturated heterocycles. The third-order valence-electron chi connectivity index (χ3n) is 3.41. The Morgan fingerprint density at radius 2 is 2.21 bits per heavy atom. The van der Waals surface area contributed by atoms with Gasteiger partial charge in [0.25, 0.3) is 11.5 Å². The number of carbonyl (C=O) groups is 1. The van der Waals surface area contributed by atoms with E-state index in [4.69, 9.17) is 0 Å². The second-order valence-corrected chi connectivity index (χ2v) is 7.29. The Bertz CT molecular complexity index is 634. The summed E-state index contributed by atoms with van der Waals surface area (Å²) in [5.74, 6) is 4.22. The van der Waals surface area contributed by atoms with E-state index in [1.165, 1.54) is 11.6 Å². The zero-order chi connectivity index (χ0) is 14.4. The van der Waals surface area contributed by atoms with Crippen molar-refractivity contribution in [3.05, 3.63) is 21.9 Å². The van der Waals surface area contributed by atoms with Gasteiger partial charge in [-0.15, -0.1) is 0 Å². The molecule has 7 heteroatoms. The minimum atomic E-state index is -0.593. The van der Waals surface area contributed by atoms with Gasteiger partial charge in [-0.3, -0.25) is 14.2 Å². The van der Waals surface area contributed by atoms with E-state index in [1.54, 1.807) is 0 Å². The molecule has 19 heavy (non-hydrogen) atoms. The highest BCUT2D eigenvalue weighted by Crippen LogP contribution is 2.42. The Labute approximate surface area is 113 Å². The van der Waals surface area contributed by atoms with Crippen LogP contribution in [0.4, 0.5) is 0 Å². The molecule has 0 aromatic carbocycles. The van der Waals surface area contributed by atoms with Crippen molar-refractivity contribution in [2.24, 2.45) is 0 Å². The van der Waals surface area contributed by atoms with Crippen LogP contribution in [0.15, 0.2) is 4.79 Å². The molecule has 1 aliphatic rings. The first-order valence-corrected chi connectivity index (χ1v) is 7.44. The van der Waals surface area contributed by atoms with Gasteiger partial charge in [-0.05, 0) is 13.8 Å². The van der Waals surface area contributed by atoms with E-state index >= 15 is 0 Å². The summed E-state index contributed by atoms with van der Waals surface area (Å²) in [6.45, 7) is 4.37. The molecular formula is C12H17N3O3S. The van der Waals surface area contributed by atoms with Crippen LogP contribution in [-0.4, -0.2) is 39.2 Å². The van der Waals surface area contributed by atoms with Gasteiger partial charge in [-0.1, -0.05) is 5.87 Å². The number of hydrogen-bond acceptors (Lipinski definition) is 4. The molecule has 2 rings (SSSR count). The molecule has 0 aliphatic carbocycles. The second-order valence-electron chi connectivity index (χ2n) is 4.88. The molecule has 0 saturated carbocycles. The minimum absolute atomic E-state index is 0.186. The number of hydrogen-bond donors (Lipinski definition) is 2. The van der Waals surface area contributed by atoms with Crippen LogP contribution in [0.25, 0.3) is 0 Å². The van der Waals surface area contributed by atoms with Crippen LogP contribution in [0, 0.1) is 0 Å². The first-order chi connectivity index (χ1) is 8.80. The van der Waals surface area contributed by atoms with E-state index < -0.39 is 22.0 Å². The van der Waals surface area contributed by atoms with Crippen LogP contribution in [0.3, 0.4) is 0 Å². The van der Waals surface area contributed by atoms with E-state index in [-0.39, 0.29) is 16.2 Å². The number of aromatic nitrogens is 2. The first-order valence-electron chi connectivity index (χ1n) is 5.87. The quantitative estimate of drug-likeness (QED) is 0.724. The summed E-state index contributed by atoms with van der Waals surface area (Å²) in [4.78, 5) is 28.0. The highest BCUT2D eigenvalue weighted by atomic mass is 32.2. The van der Waals surface area contributed by atoms with Gasteiger partial charge in [0.2, 0.25) is 5.75 Å². The van der Waals surface area contributed by atoms with Crippen LogP contribution >= 0.6 is 10.5 Å². The Morgan fingerprint density at radius 3 is 2.79 bits per heavy atom. The third-order valence-corrected chi connectivity index (χ3v) is 5.71. The van der Waals surface area contributed by atoms with Gasteiger partial charge < -0.3 is 10.4 Å². The third kappa shape index (κ3) is 1.98. The van der Waals surface area contributed by atoms with Crippen LogP contribution < -0.4 is 10.9 Å². The molecule has 0 radical (unpaired) electrons. The summed E-state index contributed by atoms with van der Waals surface area (Å²) >= 11 is 0. The highest BCUT2D eigenvalue weighted by Gasteiger charge is 2.35. The summed E-state index contributed by atoms with van der Waals surface area (Å²) in [5.41, 5.74) is -0.779. The van der Waals surface area contributed by atoms with E-state index in [9.17, 15) is 14.7 Å². The molecule has 1 aromatic rings. The molecule has 1 aliphatic heterocycles. The summed E-state index contributed by atoms with van der Waals surface area (Å²) in [5, 5.41) is 12.2. The molecular weight excluding hydrogens is 266 g/mol. The topological polar surface area (TPSA) is 84.2 Å². The maximum Gasteiger partial charge on any atom is 0.296 e. The zero-order valence-electron chi connectivity index (χ0n) is 11.2. The van der Waals surface area contributed by atoms with Crippen molar-refractivity contribution in [2.45, 2.75) is 25.1 Å². The SMILES string of the molecule is C=S1CCn2c(nc(C(=O)NC)c(O)c2=O)C1(C)C. The first kappa shape index (κ1) is 13.8. The predicted octanol–water partition coefficient (Wildman–Crippen LogP) is 0.258. The fourth-order valence-electron chi connectivity index (χ4n) is 2.07. The fourth-order valence-corrected chi connectivity index (χ4v) is 3.40. The highest BCUT2D eigenvalue weighted by molar-refractivity contribution is 8.14. The average Bonchev–Trinajstić information content (AvgIpc) is 2.37. The number of nitrogens with one attached hydrogen (secondary N) is 1. The Hall–Kier alpha value is -1.63. The molecule has 6 nitrogen and oxygen atoms in total. The van der Waals surface area contributed by atoms with Crippen LogP contribution in [0.5, 0.6) is 5.75 Å². The molecule has 2 heterocycles. The molecule has 1 unspecified atom stereocenters. The molecule has 104 valence electrons. The Morgan fingerprint density at radius 1 is 1.58 bits per heavy atom. The Kier molecular flexibility index (Phi) is 3.25. The van der Waals surface area contributed by atoms with Crippen LogP contribution in [-0.2, 0) is 11.3 Å². The Balaban J connectivity index is 2.77. The standard InChI is InChI=1S/C12H17N3O3S/c1-12(2)11-14-7(9(17)13-3)8(16)10(18)15(11)5-6-19(12)4/h16H,4-6H2,1-3H3,(H,13,17). The number of carbonyl (C=O) groups excluding carboxylic acids is 1. The monoisotopic (exact) mass is 283 g/mol. The van der Waals surface area contributed by atoms with E-state index in [0.29, 0.717) is 12.4 Å². The lowest BCUT2D eigenvalue weighted by atomic mass is 10.1. The summed E-state index contributed by atoms with van der Waals surface area (Å²) in [6, 6.07) is 0. The molecule has 1 atom stereocenters. The van der Waals surface area contributed by atoms with E-state index in [0.717, 1.165) is 5.75 Å². The number of amides is 1. The smallest absolute Gasteiger partial charge is 0.296 e. The van der Waals surface area contributed by atoms with Crippen LogP contribution in [0.2, 0.25) is 0 Å². The normalized spacial score (nSPS) is 20.7. The van der Waals surface area contributed by atoms with Crippen molar-refractivity contribution < 1.29 is 9.90 Å². The van der Waals surface area contributed by atoms with Gasteiger partial charge in [-0.2, -0.15) is 10.5 Å². The van der Waals surface area contributed by atoms with Crippen molar-refractivity contribution in [1.29, 1.82) is 0 Å². The predicted molar refractivity (Wildman–Crippen MR) is 76.2 cm³/mol. The average molecular weight is 283 g/mol. The summed E-state index contributed by atoms with van der Waals surface area (Å²) < 4.78 is 1.05. The van der Waals surface area contributed by atoms with Gasteiger partial charge in [0.15, 0.2) is 5.69 Å². The number of nitrogens with zero attached hydrogens (tertiary/aromatic N) is 2. The van der Waals surface area contributed by atoms with Crippen molar-refractivity contribution in [1.82, 2.24) is 14.9 Å². The van der Waals surface area contributed by atoms with Crippen LogP contribution in [0.1, 0.15) is 30.2 Å². The lowest BCUT2D eigenvalue weighted by Gasteiger charge is -2.35. The maximum absolute atomic E-state index is 12.1. The molecule has 0 bridgehead atoms. The molecule has 1 aromatic heterocycles. The van der Waals surface area contributed by atoms with Crippen molar-refractivity contribution in [3.63, 3.8) is 0 Å². The largest absolute Gasteiger partial charge is 0.501 e. The molecule has 2 N–H and O–H groups in total. The van der Waals surface area contributed by atoms with Gasteiger partial charge in [0.1, 0.15) is 5.82 Å². The fraction of sp³-hybridized carbons (Fsp3) is 0.500. The number of rotatable bonds is 1. The molecule has 0 fully saturated rings.